The molecule has 0 spiro atoms. The zero-order valence-electron chi connectivity index (χ0n) is 13.6. The number of phenols is 1. The molecule has 23 heavy (non-hydrogen) atoms. The number of nitrogens with zero attached hydrogens (tertiary/aromatic N) is 3. The number of phenolic OH excluding ortho intramolecular Hbond substituents is 1. The van der Waals surface area contributed by atoms with Crippen molar-refractivity contribution in [2.45, 2.75) is 38.5 Å². The molecule has 2 rings (SSSR count). The molecule has 1 aromatic carbocycles. The van der Waals surface area contributed by atoms with Gasteiger partial charge in [-0.25, -0.2) is 0 Å². The number of likely N-dealkylation sites (tertiary alicyclic amines) is 1. The third kappa shape index (κ3) is 5.93. The summed E-state index contributed by atoms with van der Waals surface area (Å²) in [5.41, 5.74) is 1.28. The minimum absolute atomic E-state index is 0.0109. The summed E-state index contributed by atoms with van der Waals surface area (Å²) in [6.07, 6.45) is 5.79. The number of aryl methyl sites for hydroxylation is 1. The molecule has 1 aromatic rings. The molecule has 1 aliphatic heterocycles. The van der Waals surface area contributed by atoms with E-state index in [0.29, 0.717) is 18.6 Å². The molecular formula is C19H25N3O. The van der Waals surface area contributed by atoms with Crippen LogP contribution in [0.4, 0.5) is 0 Å². The van der Waals surface area contributed by atoms with Gasteiger partial charge in [-0.3, -0.25) is 0 Å². The van der Waals surface area contributed by atoms with Crippen molar-refractivity contribution in [2.75, 3.05) is 19.6 Å². The third-order valence-corrected chi connectivity index (χ3v) is 4.75. The van der Waals surface area contributed by atoms with Gasteiger partial charge in [0.2, 0.25) is 0 Å². The molecule has 0 unspecified atom stereocenters. The number of hydrogen-bond donors (Lipinski definition) is 1. The Balaban J connectivity index is 1.68. The predicted molar refractivity (Wildman–Crippen MR) is 89.5 cm³/mol. The van der Waals surface area contributed by atoms with Gasteiger partial charge in [-0.2, -0.15) is 10.5 Å². The Morgan fingerprint density at radius 3 is 2.48 bits per heavy atom. The molecule has 1 N–H and O–H groups in total. The van der Waals surface area contributed by atoms with Crippen molar-refractivity contribution in [1.82, 2.24) is 4.90 Å². The lowest BCUT2D eigenvalue weighted by molar-refractivity contribution is 0.165. The smallest absolute Gasteiger partial charge is 0.115 e. The van der Waals surface area contributed by atoms with E-state index in [1.165, 1.54) is 24.8 Å². The Hall–Kier alpha value is -2.04. The van der Waals surface area contributed by atoms with Crippen LogP contribution in [0.2, 0.25) is 0 Å². The van der Waals surface area contributed by atoms with Gasteiger partial charge >= 0.3 is 0 Å². The summed E-state index contributed by atoms with van der Waals surface area (Å²) in [7, 11) is 0. The lowest BCUT2D eigenvalue weighted by Crippen LogP contribution is -2.37. The van der Waals surface area contributed by atoms with Crippen LogP contribution in [0.5, 0.6) is 5.75 Å². The molecule has 1 heterocycles. The Labute approximate surface area is 139 Å². The average Bonchev–Trinajstić information content (AvgIpc) is 2.59. The standard InChI is InChI=1S/C19H25N3O/c20-11-1-2-18(14-21)15-22-12-9-17(10-13-22)4-3-16-5-7-19(23)8-6-16/h5-8,17-18,23H,1-4,9-10,12-13,15H2/t18-/m1/s1. The predicted octanol–water partition coefficient (Wildman–Crippen LogP) is 3.48. The van der Waals surface area contributed by atoms with Crippen LogP contribution in [0.15, 0.2) is 24.3 Å². The molecule has 0 radical (unpaired) electrons. The minimum atomic E-state index is -0.0109. The summed E-state index contributed by atoms with van der Waals surface area (Å²) >= 11 is 0. The molecule has 1 saturated heterocycles. The van der Waals surface area contributed by atoms with Gasteiger partial charge in [0, 0.05) is 13.0 Å². The van der Waals surface area contributed by atoms with Crippen LogP contribution >= 0.6 is 0 Å². The average molecular weight is 311 g/mol. The van der Waals surface area contributed by atoms with Crippen LogP contribution < -0.4 is 0 Å². The highest BCUT2D eigenvalue weighted by Crippen LogP contribution is 2.24. The van der Waals surface area contributed by atoms with Gasteiger partial charge in [-0.15, -0.1) is 0 Å². The normalized spacial score (nSPS) is 17.3. The number of piperidine rings is 1. The monoisotopic (exact) mass is 311 g/mol. The molecule has 0 aromatic heterocycles. The fourth-order valence-corrected chi connectivity index (χ4v) is 3.24. The summed E-state index contributed by atoms with van der Waals surface area (Å²) in [6, 6.07) is 12.0. The van der Waals surface area contributed by atoms with Gasteiger partial charge in [0.1, 0.15) is 5.75 Å². The number of benzene rings is 1. The molecule has 0 amide bonds. The maximum Gasteiger partial charge on any atom is 0.115 e. The zero-order chi connectivity index (χ0) is 16.5. The van der Waals surface area contributed by atoms with Crippen LogP contribution in [0.25, 0.3) is 0 Å². The highest BCUT2D eigenvalue weighted by molar-refractivity contribution is 5.25. The first-order chi connectivity index (χ1) is 11.2. The Morgan fingerprint density at radius 1 is 1.17 bits per heavy atom. The molecule has 1 aliphatic rings. The maximum atomic E-state index is 9.30. The first-order valence-electron chi connectivity index (χ1n) is 8.48. The van der Waals surface area contributed by atoms with Crippen molar-refractivity contribution >= 4 is 0 Å². The van der Waals surface area contributed by atoms with Gasteiger partial charge in [-0.05, 0) is 68.8 Å². The van der Waals surface area contributed by atoms with Crippen LogP contribution in [0.3, 0.4) is 0 Å². The molecule has 4 nitrogen and oxygen atoms in total. The number of nitriles is 2. The topological polar surface area (TPSA) is 71.0 Å². The summed E-state index contributed by atoms with van der Waals surface area (Å²) in [6.45, 7) is 2.93. The first kappa shape index (κ1) is 17.3. The van der Waals surface area contributed by atoms with Crippen molar-refractivity contribution in [3.63, 3.8) is 0 Å². The number of rotatable bonds is 7. The van der Waals surface area contributed by atoms with Crippen LogP contribution in [-0.4, -0.2) is 29.6 Å². The Morgan fingerprint density at radius 2 is 1.87 bits per heavy atom. The lowest BCUT2D eigenvalue weighted by atomic mass is 9.90. The van der Waals surface area contributed by atoms with E-state index in [4.69, 9.17) is 10.5 Å². The molecule has 122 valence electrons. The number of aromatic hydroxyl groups is 1. The van der Waals surface area contributed by atoms with E-state index in [1.54, 1.807) is 12.1 Å². The quantitative estimate of drug-likeness (QED) is 0.837. The lowest BCUT2D eigenvalue weighted by Gasteiger charge is -2.33. The molecule has 0 saturated carbocycles. The maximum absolute atomic E-state index is 9.30. The Bertz CT molecular complexity index is 547. The first-order valence-corrected chi connectivity index (χ1v) is 8.48. The van der Waals surface area contributed by atoms with Gasteiger partial charge in [-0.1, -0.05) is 12.1 Å². The largest absolute Gasteiger partial charge is 0.508 e. The second-order valence-corrected chi connectivity index (χ2v) is 6.47. The van der Waals surface area contributed by atoms with E-state index in [1.807, 2.05) is 12.1 Å². The van der Waals surface area contributed by atoms with E-state index in [2.05, 4.69) is 17.0 Å². The van der Waals surface area contributed by atoms with E-state index in [0.717, 1.165) is 32.0 Å². The fourth-order valence-electron chi connectivity index (χ4n) is 3.24. The highest BCUT2D eigenvalue weighted by Gasteiger charge is 2.21. The molecule has 0 bridgehead atoms. The molecule has 1 fully saturated rings. The highest BCUT2D eigenvalue weighted by atomic mass is 16.3. The summed E-state index contributed by atoms with van der Waals surface area (Å²) < 4.78 is 0. The van der Waals surface area contributed by atoms with E-state index in [9.17, 15) is 5.11 Å². The zero-order valence-corrected chi connectivity index (χ0v) is 13.6. The molecule has 0 aliphatic carbocycles. The van der Waals surface area contributed by atoms with E-state index >= 15 is 0 Å². The van der Waals surface area contributed by atoms with Crippen LogP contribution in [-0.2, 0) is 6.42 Å². The van der Waals surface area contributed by atoms with Crippen molar-refractivity contribution in [3.8, 4) is 17.9 Å². The number of hydrogen-bond acceptors (Lipinski definition) is 4. The molecule has 1 atom stereocenters. The van der Waals surface area contributed by atoms with Gasteiger partial charge in [0.05, 0.1) is 18.1 Å². The second kappa shape index (κ2) is 9.18. The summed E-state index contributed by atoms with van der Waals surface area (Å²) in [5.74, 6) is 1.06. The van der Waals surface area contributed by atoms with Gasteiger partial charge < -0.3 is 10.0 Å². The third-order valence-electron chi connectivity index (χ3n) is 4.75. The fraction of sp³-hybridized carbons (Fsp3) is 0.579. The summed E-state index contributed by atoms with van der Waals surface area (Å²) in [4.78, 5) is 2.38. The minimum Gasteiger partial charge on any atom is -0.508 e. The van der Waals surface area contributed by atoms with Gasteiger partial charge in [0.15, 0.2) is 0 Å². The molecule has 4 heteroatoms. The van der Waals surface area contributed by atoms with Crippen molar-refractivity contribution in [1.29, 1.82) is 10.5 Å². The Kier molecular flexibility index (Phi) is 6.91. The van der Waals surface area contributed by atoms with Crippen molar-refractivity contribution in [3.05, 3.63) is 29.8 Å². The van der Waals surface area contributed by atoms with Crippen LogP contribution in [0.1, 0.15) is 37.7 Å². The van der Waals surface area contributed by atoms with Gasteiger partial charge in [0.25, 0.3) is 0 Å². The molecular weight excluding hydrogens is 286 g/mol. The summed E-state index contributed by atoms with van der Waals surface area (Å²) in [5, 5.41) is 27.1. The van der Waals surface area contributed by atoms with E-state index < -0.39 is 0 Å². The SMILES string of the molecule is N#CCC[C@H](C#N)CN1CCC(CCc2ccc(O)cc2)CC1. The van der Waals surface area contributed by atoms with Crippen molar-refractivity contribution in [2.24, 2.45) is 11.8 Å². The second-order valence-electron chi connectivity index (χ2n) is 6.47. The van der Waals surface area contributed by atoms with E-state index in [-0.39, 0.29) is 5.92 Å². The van der Waals surface area contributed by atoms with Crippen LogP contribution in [0, 0.1) is 34.5 Å². The van der Waals surface area contributed by atoms with Crippen molar-refractivity contribution < 1.29 is 5.11 Å².